The number of hydrogen-bond donors (Lipinski definition) is 1. The van der Waals surface area contributed by atoms with E-state index in [-0.39, 0.29) is 28.1 Å². The molecule has 0 saturated carbocycles. The van der Waals surface area contributed by atoms with Gasteiger partial charge in [0.25, 0.3) is 5.52 Å². The van der Waals surface area contributed by atoms with E-state index in [1.165, 1.54) is 6.07 Å². The molecule has 1 aliphatic rings. The summed E-state index contributed by atoms with van der Waals surface area (Å²) in [5, 5.41) is 20.3. The van der Waals surface area contributed by atoms with Crippen LogP contribution in [0.2, 0.25) is 0 Å². The van der Waals surface area contributed by atoms with Crippen LogP contribution >= 0.6 is 0 Å². The summed E-state index contributed by atoms with van der Waals surface area (Å²) in [6.07, 6.45) is 0. The molecule has 0 unspecified atom stereocenters. The van der Waals surface area contributed by atoms with Crippen molar-refractivity contribution in [2.75, 3.05) is 31.2 Å². The Morgan fingerprint density at radius 2 is 1.89 bits per heavy atom. The van der Waals surface area contributed by atoms with E-state index in [0.29, 0.717) is 36.3 Å². The molecule has 0 aliphatic carbocycles. The maximum absolute atomic E-state index is 14.7. The minimum Gasteiger partial charge on any atom is -0.427 e. The molecule has 0 amide bonds. The molecule has 3 aromatic rings. The van der Waals surface area contributed by atoms with Crippen molar-refractivity contribution in [2.24, 2.45) is 0 Å². The number of nitrogens with zero attached hydrogens (tertiary/aromatic N) is 4. The van der Waals surface area contributed by atoms with Gasteiger partial charge in [-0.25, -0.2) is 4.39 Å². The molecular weight excluding hydrogens is 351 g/mol. The number of rotatable bonds is 2. The zero-order valence-electron chi connectivity index (χ0n) is 14.3. The summed E-state index contributed by atoms with van der Waals surface area (Å²) in [6.45, 7) is 1.96. The predicted molar refractivity (Wildman–Crippen MR) is 95.6 cm³/mol. The Hall–Kier alpha value is -3.44. The summed E-state index contributed by atoms with van der Waals surface area (Å²) in [5.41, 5.74) is 0.515. The molecule has 4 rings (SSSR count). The zero-order chi connectivity index (χ0) is 19.0. The summed E-state index contributed by atoms with van der Waals surface area (Å²) < 4.78 is 21.1. The largest absolute Gasteiger partial charge is 0.427 e. The second kappa shape index (κ2) is 6.70. The fourth-order valence-electron chi connectivity index (χ4n) is 3.31. The number of nitriles is 1. The topological polar surface area (TPSA) is 84.4 Å². The Bertz CT molecular complexity index is 1120. The Kier molecular flexibility index (Phi) is 4.22. The Labute approximate surface area is 153 Å². The Morgan fingerprint density at radius 3 is 2.56 bits per heavy atom. The second-order valence-corrected chi connectivity index (χ2v) is 6.17. The van der Waals surface area contributed by atoms with E-state index in [1.807, 2.05) is 6.07 Å². The SMILES string of the molecule is N#Cc1c(-c2ccccc2)n(O)c2cc(N3CCOCC3)c(F)cc2[n+]1=O. The lowest BCUT2D eigenvalue weighted by Gasteiger charge is -2.29. The molecule has 1 N–H and O–H groups in total. The van der Waals surface area contributed by atoms with Crippen molar-refractivity contribution in [3.05, 3.63) is 58.9 Å². The fourth-order valence-corrected chi connectivity index (χ4v) is 3.31. The fraction of sp³-hybridized carbons (Fsp3) is 0.211. The predicted octanol–water partition coefficient (Wildman–Crippen LogP) is 2.31. The van der Waals surface area contributed by atoms with E-state index in [9.17, 15) is 19.8 Å². The van der Waals surface area contributed by atoms with Gasteiger partial charge in [0, 0.05) is 23.6 Å². The van der Waals surface area contributed by atoms with Crippen LogP contribution in [0.4, 0.5) is 10.1 Å². The molecule has 1 aliphatic heterocycles. The number of morpholine rings is 1. The summed E-state index contributed by atoms with van der Waals surface area (Å²) >= 11 is 0. The maximum Gasteiger partial charge on any atom is 0.367 e. The first-order valence-electron chi connectivity index (χ1n) is 8.44. The van der Waals surface area contributed by atoms with Crippen molar-refractivity contribution in [1.82, 2.24) is 4.73 Å². The van der Waals surface area contributed by atoms with E-state index >= 15 is 0 Å². The molecule has 2 aromatic carbocycles. The monoisotopic (exact) mass is 367 g/mol. The average molecular weight is 367 g/mol. The van der Waals surface area contributed by atoms with Gasteiger partial charge in [-0.3, -0.25) is 0 Å². The minimum atomic E-state index is -0.592. The third kappa shape index (κ3) is 2.78. The highest BCUT2D eigenvalue weighted by Crippen LogP contribution is 2.29. The average Bonchev–Trinajstić information content (AvgIpc) is 2.71. The molecule has 0 bridgehead atoms. The number of anilines is 1. The number of halogens is 1. The molecule has 136 valence electrons. The van der Waals surface area contributed by atoms with Gasteiger partial charge in [-0.15, -0.1) is 0 Å². The van der Waals surface area contributed by atoms with E-state index < -0.39 is 5.82 Å². The number of aromatic nitrogens is 2. The first kappa shape index (κ1) is 17.0. The van der Waals surface area contributed by atoms with Gasteiger partial charge in [0.05, 0.1) is 29.4 Å². The minimum absolute atomic E-state index is 0.0557. The third-order valence-corrected chi connectivity index (χ3v) is 4.64. The molecule has 0 radical (unpaired) electrons. The van der Waals surface area contributed by atoms with Crippen molar-refractivity contribution in [3.8, 4) is 17.3 Å². The van der Waals surface area contributed by atoms with Crippen molar-refractivity contribution in [1.29, 1.82) is 5.26 Å². The first-order chi connectivity index (χ1) is 13.1. The molecule has 0 spiro atoms. The third-order valence-electron chi connectivity index (χ3n) is 4.64. The van der Waals surface area contributed by atoms with Crippen LogP contribution in [0.3, 0.4) is 0 Å². The quantitative estimate of drug-likeness (QED) is 0.555. The van der Waals surface area contributed by atoms with Crippen LogP contribution in [-0.4, -0.2) is 36.2 Å². The highest BCUT2D eigenvalue weighted by atomic mass is 19.1. The molecule has 1 aromatic heterocycles. The normalized spacial score (nSPS) is 14.3. The zero-order valence-corrected chi connectivity index (χ0v) is 14.3. The molecule has 27 heavy (non-hydrogen) atoms. The van der Waals surface area contributed by atoms with E-state index in [0.717, 1.165) is 10.8 Å². The number of fused-ring (bicyclic) bond motifs is 1. The highest BCUT2D eigenvalue weighted by Gasteiger charge is 2.29. The molecule has 1 fully saturated rings. The lowest BCUT2D eigenvalue weighted by molar-refractivity contribution is -0.468. The van der Waals surface area contributed by atoms with Crippen LogP contribution < -0.4 is 9.33 Å². The lowest BCUT2D eigenvalue weighted by atomic mass is 10.1. The van der Waals surface area contributed by atoms with E-state index in [4.69, 9.17) is 4.74 Å². The van der Waals surface area contributed by atoms with Crippen LogP contribution in [0.25, 0.3) is 22.3 Å². The summed E-state index contributed by atoms with van der Waals surface area (Å²) in [4.78, 5) is 14.5. The Balaban J connectivity index is 2.02. The van der Waals surface area contributed by atoms with Gasteiger partial charge in [-0.2, -0.15) is 9.99 Å². The molecule has 0 atom stereocenters. The van der Waals surface area contributed by atoms with Crippen molar-refractivity contribution in [3.63, 3.8) is 0 Å². The molecule has 8 heteroatoms. The van der Waals surface area contributed by atoms with Gasteiger partial charge in [0.1, 0.15) is 0 Å². The second-order valence-electron chi connectivity index (χ2n) is 6.17. The van der Waals surface area contributed by atoms with Gasteiger partial charge in [0.15, 0.2) is 23.1 Å². The first-order valence-corrected chi connectivity index (χ1v) is 8.44. The van der Waals surface area contributed by atoms with Gasteiger partial charge in [0.2, 0.25) is 0 Å². The van der Waals surface area contributed by atoms with Crippen LogP contribution in [0.15, 0.2) is 42.5 Å². The van der Waals surface area contributed by atoms with Crippen LogP contribution in [-0.2, 0) is 4.74 Å². The molecule has 2 heterocycles. The van der Waals surface area contributed by atoms with E-state index in [1.54, 1.807) is 35.2 Å². The molecule has 7 nitrogen and oxygen atoms in total. The number of hydrogen-bond acceptors (Lipinski definition) is 5. The summed E-state index contributed by atoms with van der Waals surface area (Å²) in [5.74, 6) is -0.592. The molecular formula is C19H16FN4O3+. The standard InChI is InChI=1S/C19H16FN4O3/c20-14-10-16-17(11-15(14)22-6-8-27-9-7-22)24(26)19(18(12-21)23(16)25)13-4-2-1-3-5-13/h1-5,10-11,26H,6-9H2/q+1. The van der Waals surface area contributed by atoms with Crippen molar-refractivity contribution < 1.29 is 18.8 Å². The maximum atomic E-state index is 14.7. The highest BCUT2D eigenvalue weighted by molar-refractivity contribution is 5.81. The van der Waals surface area contributed by atoms with Gasteiger partial charge < -0.3 is 14.8 Å². The number of benzene rings is 2. The van der Waals surface area contributed by atoms with Crippen molar-refractivity contribution in [2.45, 2.75) is 0 Å². The summed E-state index contributed by atoms with van der Waals surface area (Å²) in [7, 11) is 0. The Morgan fingerprint density at radius 1 is 1.19 bits per heavy atom. The molecule has 1 saturated heterocycles. The van der Waals surface area contributed by atoms with Gasteiger partial charge >= 0.3 is 5.69 Å². The lowest BCUT2D eigenvalue weighted by Crippen LogP contribution is -2.37. The number of ether oxygens (including phenoxy) is 1. The van der Waals surface area contributed by atoms with Crippen LogP contribution in [0, 0.1) is 22.1 Å². The van der Waals surface area contributed by atoms with Gasteiger partial charge in [-0.05, 0) is 6.07 Å². The smallest absolute Gasteiger partial charge is 0.367 e. The van der Waals surface area contributed by atoms with E-state index in [2.05, 4.69) is 0 Å². The van der Waals surface area contributed by atoms with Crippen LogP contribution in [0.5, 0.6) is 0 Å². The van der Waals surface area contributed by atoms with Crippen LogP contribution in [0.1, 0.15) is 5.69 Å². The van der Waals surface area contributed by atoms with Gasteiger partial charge in [-0.1, -0.05) is 30.3 Å². The van der Waals surface area contributed by atoms with Crippen molar-refractivity contribution >= 4 is 16.7 Å². The summed E-state index contributed by atoms with van der Waals surface area (Å²) in [6, 6.07) is 12.9.